The van der Waals surface area contributed by atoms with Crippen molar-refractivity contribution >= 4 is 23.0 Å². The summed E-state index contributed by atoms with van der Waals surface area (Å²) in [7, 11) is 1.73. The van der Waals surface area contributed by atoms with E-state index in [-0.39, 0.29) is 5.82 Å². The van der Waals surface area contributed by atoms with Gasteiger partial charge in [0.1, 0.15) is 0 Å². The van der Waals surface area contributed by atoms with Gasteiger partial charge in [-0.1, -0.05) is 12.8 Å². The Labute approximate surface area is 135 Å². The summed E-state index contributed by atoms with van der Waals surface area (Å²) in [6, 6.07) is 8.04. The van der Waals surface area contributed by atoms with Crippen LogP contribution in [0.2, 0.25) is 0 Å². The monoisotopic (exact) mass is 315 g/mol. The number of anilines is 3. The number of imidazole rings is 1. The van der Waals surface area contributed by atoms with Crippen LogP contribution in [0.3, 0.4) is 0 Å². The van der Waals surface area contributed by atoms with E-state index in [0.717, 1.165) is 18.8 Å². The molecule has 3 rings (SSSR count). The van der Waals surface area contributed by atoms with Crippen molar-refractivity contribution in [1.82, 2.24) is 9.55 Å². The average molecular weight is 315 g/mol. The van der Waals surface area contributed by atoms with Gasteiger partial charge in [0.2, 0.25) is 12.1 Å². The molecule has 1 fully saturated rings. The molecule has 7 nitrogen and oxygen atoms in total. The Balaban J connectivity index is 1.75. The van der Waals surface area contributed by atoms with E-state index in [1.165, 1.54) is 37.7 Å². The summed E-state index contributed by atoms with van der Waals surface area (Å²) in [6.07, 6.45) is 6.52. The van der Waals surface area contributed by atoms with Gasteiger partial charge >= 0.3 is 5.82 Å². The molecule has 1 aromatic carbocycles. The van der Waals surface area contributed by atoms with Crippen LogP contribution >= 0.6 is 0 Å². The van der Waals surface area contributed by atoms with E-state index < -0.39 is 4.92 Å². The summed E-state index contributed by atoms with van der Waals surface area (Å²) in [5, 5.41) is 14.1. The van der Waals surface area contributed by atoms with Crippen LogP contribution in [0.15, 0.2) is 30.6 Å². The lowest BCUT2D eigenvalue weighted by Gasteiger charge is -2.22. The summed E-state index contributed by atoms with van der Waals surface area (Å²) in [5.41, 5.74) is 2.02. The van der Waals surface area contributed by atoms with Gasteiger partial charge in [-0.15, -0.1) is 0 Å². The van der Waals surface area contributed by atoms with Crippen molar-refractivity contribution in [2.45, 2.75) is 25.7 Å². The van der Waals surface area contributed by atoms with Crippen molar-refractivity contribution in [3.05, 3.63) is 40.7 Å². The lowest BCUT2D eigenvalue weighted by Crippen LogP contribution is -2.23. The molecular formula is C16H21N5O2. The number of rotatable bonds is 4. The first-order valence-electron chi connectivity index (χ1n) is 7.93. The molecule has 2 heterocycles. The quantitative estimate of drug-likeness (QED) is 0.691. The first-order valence-corrected chi connectivity index (χ1v) is 7.93. The fourth-order valence-corrected chi connectivity index (χ4v) is 2.92. The molecule has 1 aliphatic heterocycles. The standard InChI is InChI=1S/C16H21N5O2/c1-19-12-17-15(21(22)23)16(19)18-13-6-8-14(9-7-13)20-10-4-2-3-5-11-20/h6-9,12,18H,2-5,10-11H2,1H3. The van der Waals surface area contributed by atoms with Gasteiger partial charge in [-0.2, -0.15) is 0 Å². The number of hydrogen-bond acceptors (Lipinski definition) is 5. The second kappa shape index (κ2) is 6.68. The van der Waals surface area contributed by atoms with Gasteiger partial charge in [0.05, 0.1) is 0 Å². The van der Waals surface area contributed by atoms with Gasteiger partial charge in [0.25, 0.3) is 0 Å². The summed E-state index contributed by atoms with van der Waals surface area (Å²) in [4.78, 5) is 16.7. The number of hydrogen-bond donors (Lipinski definition) is 1. The van der Waals surface area contributed by atoms with Crippen molar-refractivity contribution in [2.24, 2.45) is 7.05 Å². The fraction of sp³-hybridized carbons (Fsp3) is 0.438. The molecule has 0 aliphatic carbocycles. The van der Waals surface area contributed by atoms with Crippen LogP contribution in [-0.4, -0.2) is 27.6 Å². The summed E-state index contributed by atoms with van der Waals surface area (Å²) in [5.74, 6) is 0.224. The second-order valence-corrected chi connectivity index (χ2v) is 5.86. The van der Waals surface area contributed by atoms with Gasteiger partial charge < -0.3 is 20.3 Å². The molecule has 0 unspecified atom stereocenters. The molecule has 7 heteroatoms. The van der Waals surface area contributed by atoms with Crippen LogP contribution in [0.25, 0.3) is 0 Å². The maximum absolute atomic E-state index is 11.0. The number of aryl methyl sites for hydroxylation is 1. The molecule has 1 saturated heterocycles. The maximum atomic E-state index is 11.0. The molecule has 0 atom stereocenters. The Bertz CT molecular complexity index is 672. The third-order valence-electron chi connectivity index (χ3n) is 4.19. The highest BCUT2D eigenvalue weighted by Gasteiger charge is 2.20. The second-order valence-electron chi connectivity index (χ2n) is 5.86. The van der Waals surface area contributed by atoms with Crippen LogP contribution < -0.4 is 10.2 Å². The molecule has 1 aliphatic rings. The van der Waals surface area contributed by atoms with Gasteiger partial charge in [-0.05, 0) is 47.0 Å². The molecule has 0 bridgehead atoms. The van der Waals surface area contributed by atoms with Crippen molar-refractivity contribution in [1.29, 1.82) is 0 Å². The van der Waals surface area contributed by atoms with Gasteiger partial charge in [0, 0.05) is 31.5 Å². The maximum Gasteiger partial charge on any atom is 0.406 e. The Morgan fingerprint density at radius 3 is 2.39 bits per heavy atom. The number of nitrogens with zero attached hydrogens (tertiary/aromatic N) is 4. The van der Waals surface area contributed by atoms with E-state index in [9.17, 15) is 10.1 Å². The predicted octanol–water partition coefficient (Wildman–Crippen LogP) is 3.45. The lowest BCUT2D eigenvalue weighted by molar-refractivity contribution is -0.388. The zero-order valence-corrected chi connectivity index (χ0v) is 13.2. The first-order chi connectivity index (χ1) is 11.1. The number of aromatic nitrogens is 2. The minimum Gasteiger partial charge on any atom is -0.372 e. The predicted molar refractivity (Wildman–Crippen MR) is 90.3 cm³/mol. The van der Waals surface area contributed by atoms with Crippen molar-refractivity contribution in [3.8, 4) is 0 Å². The highest BCUT2D eigenvalue weighted by atomic mass is 16.6. The smallest absolute Gasteiger partial charge is 0.372 e. The third-order valence-corrected chi connectivity index (χ3v) is 4.19. The normalized spacial score (nSPS) is 15.3. The number of nitro groups is 1. The van der Waals surface area contributed by atoms with Gasteiger partial charge in [0.15, 0.2) is 0 Å². The zero-order chi connectivity index (χ0) is 16.2. The number of benzene rings is 1. The SMILES string of the molecule is Cn1cnc([N+](=O)[O-])c1Nc1ccc(N2CCCCCC2)cc1. The van der Waals surface area contributed by atoms with Crippen molar-refractivity contribution in [2.75, 3.05) is 23.3 Å². The molecule has 0 saturated carbocycles. The van der Waals surface area contributed by atoms with Crippen LogP contribution in [0.1, 0.15) is 25.7 Å². The van der Waals surface area contributed by atoms with E-state index in [2.05, 4.69) is 27.3 Å². The average Bonchev–Trinajstić information content (AvgIpc) is 2.77. The summed E-state index contributed by atoms with van der Waals surface area (Å²) < 4.78 is 1.61. The van der Waals surface area contributed by atoms with E-state index >= 15 is 0 Å². The highest BCUT2D eigenvalue weighted by Crippen LogP contribution is 2.27. The third kappa shape index (κ3) is 3.44. The molecule has 0 radical (unpaired) electrons. The van der Waals surface area contributed by atoms with Crippen LogP contribution in [0, 0.1) is 10.1 Å². The fourth-order valence-electron chi connectivity index (χ4n) is 2.92. The van der Waals surface area contributed by atoms with Crippen molar-refractivity contribution < 1.29 is 4.92 Å². The molecular weight excluding hydrogens is 294 g/mol. The van der Waals surface area contributed by atoms with E-state index in [1.807, 2.05) is 12.1 Å². The molecule has 1 aromatic heterocycles. The van der Waals surface area contributed by atoms with Gasteiger partial charge in [-0.3, -0.25) is 4.57 Å². The van der Waals surface area contributed by atoms with Crippen molar-refractivity contribution in [3.63, 3.8) is 0 Å². The lowest BCUT2D eigenvalue weighted by atomic mass is 10.2. The van der Waals surface area contributed by atoms with E-state index in [0.29, 0.717) is 5.82 Å². The Morgan fingerprint density at radius 1 is 1.13 bits per heavy atom. The zero-order valence-electron chi connectivity index (χ0n) is 13.2. The summed E-state index contributed by atoms with van der Waals surface area (Å²) >= 11 is 0. The highest BCUT2D eigenvalue weighted by molar-refractivity contribution is 5.65. The van der Waals surface area contributed by atoms with E-state index in [1.54, 1.807) is 11.6 Å². The molecule has 23 heavy (non-hydrogen) atoms. The minimum absolute atomic E-state index is 0.163. The molecule has 2 aromatic rings. The minimum atomic E-state index is -0.478. The Morgan fingerprint density at radius 2 is 1.78 bits per heavy atom. The van der Waals surface area contributed by atoms with Gasteiger partial charge in [-0.25, -0.2) is 0 Å². The van der Waals surface area contributed by atoms with Crippen LogP contribution in [0.5, 0.6) is 0 Å². The molecule has 1 N–H and O–H groups in total. The summed E-state index contributed by atoms with van der Waals surface area (Å²) in [6.45, 7) is 2.19. The van der Waals surface area contributed by atoms with Crippen LogP contribution in [0.4, 0.5) is 23.0 Å². The first kappa shape index (κ1) is 15.3. The van der Waals surface area contributed by atoms with E-state index in [4.69, 9.17) is 0 Å². The Kier molecular flexibility index (Phi) is 4.45. The van der Waals surface area contributed by atoms with Crippen LogP contribution in [-0.2, 0) is 7.05 Å². The molecule has 0 spiro atoms. The molecule has 0 amide bonds. The molecule has 122 valence electrons. The topological polar surface area (TPSA) is 76.2 Å². The number of nitrogens with one attached hydrogen (secondary N) is 1. The Hall–Kier alpha value is -2.57. The largest absolute Gasteiger partial charge is 0.406 e.